The van der Waals surface area contributed by atoms with Gasteiger partial charge in [0, 0.05) is 4.90 Å². The first kappa shape index (κ1) is 9.79. The molecule has 0 heterocycles. The van der Waals surface area contributed by atoms with Crippen LogP contribution in [0.1, 0.15) is 0 Å². The highest BCUT2D eigenvalue weighted by Crippen LogP contribution is 2.28. The molecule has 0 atom stereocenters. The van der Waals surface area contributed by atoms with E-state index >= 15 is 0 Å². The van der Waals surface area contributed by atoms with Crippen molar-refractivity contribution in [2.24, 2.45) is 0 Å². The second kappa shape index (κ2) is 4.09. The van der Waals surface area contributed by atoms with E-state index in [1.54, 1.807) is 18.2 Å². The second-order valence-corrected chi connectivity index (χ2v) is 3.00. The largest absolute Gasteiger partial charge is 0.707 e. The third kappa shape index (κ3) is 2.35. The highest BCUT2D eigenvalue weighted by molar-refractivity contribution is 7.83. The fourth-order valence-electron chi connectivity index (χ4n) is 0.719. The van der Waals surface area contributed by atoms with E-state index < -0.39 is 7.32 Å². The van der Waals surface area contributed by atoms with Gasteiger partial charge in [-0.1, -0.05) is 6.07 Å². The van der Waals surface area contributed by atoms with Crippen LogP contribution in [0.2, 0.25) is 0 Å². The first-order chi connectivity index (χ1) is 5.61. The van der Waals surface area contributed by atoms with Gasteiger partial charge in [-0.15, -0.1) is 25.3 Å². The van der Waals surface area contributed by atoms with Gasteiger partial charge in [0.05, 0.1) is 4.90 Å². The molecule has 1 rings (SSSR count). The number of hydrogen-bond acceptors (Lipinski definition) is 5. The monoisotopic (exact) mass is 202 g/mol. The van der Waals surface area contributed by atoms with Crippen molar-refractivity contribution in [3.05, 3.63) is 18.2 Å². The van der Waals surface area contributed by atoms with E-state index in [4.69, 9.17) is 10.0 Å². The minimum atomic E-state index is -1.83. The van der Waals surface area contributed by atoms with Gasteiger partial charge in [0.2, 0.25) is 0 Å². The summed E-state index contributed by atoms with van der Waals surface area (Å²) < 4.78 is 4.61. The van der Waals surface area contributed by atoms with Crippen molar-refractivity contribution in [3.8, 4) is 5.75 Å². The third-order valence-corrected chi connectivity index (χ3v) is 2.22. The third-order valence-electron chi connectivity index (χ3n) is 1.21. The van der Waals surface area contributed by atoms with Gasteiger partial charge in [-0.25, -0.2) is 0 Å². The molecule has 0 aliphatic rings. The van der Waals surface area contributed by atoms with E-state index in [2.05, 4.69) is 29.9 Å². The maximum atomic E-state index is 8.50. The minimum absolute atomic E-state index is 0.292. The molecule has 3 nitrogen and oxygen atoms in total. The lowest BCUT2D eigenvalue weighted by Gasteiger charge is -2.07. The molecule has 0 radical (unpaired) electrons. The predicted molar refractivity (Wildman–Crippen MR) is 51.8 cm³/mol. The Balaban J connectivity index is 2.92. The van der Waals surface area contributed by atoms with E-state index in [-0.39, 0.29) is 0 Å². The zero-order valence-corrected chi connectivity index (χ0v) is 7.80. The Hall–Kier alpha value is -0.295. The van der Waals surface area contributed by atoms with Crippen LogP contribution in [0.5, 0.6) is 5.75 Å². The smallest absolute Gasteiger partial charge is 0.511 e. The lowest BCUT2D eigenvalue weighted by Crippen LogP contribution is -2.20. The van der Waals surface area contributed by atoms with Crippen LogP contribution >= 0.6 is 25.3 Å². The van der Waals surface area contributed by atoms with Crippen LogP contribution in [0, 0.1) is 0 Å². The summed E-state index contributed by atoms with van der Waals surface area (Å²) in [5, 5.41) is 17.0. The molecule has 12 heavy (non-hydrogen) atoms. The summed E-state index contributed by atoms with van der Waals surface area (Å²) in [4.78, 5) is 1.10. The van der Waals surface area contributed by atoms with Gasteiger partial charge in [-0.05, 0) is 12.1 Å². The molecule has 1 aromatic rings. The Bertz CT molecular complexity index is 279. The normalized spacial score (nSPS) is 9.67. The summed E-state index contributed by atoms with van der Waals surface area (Å²) in [6, 6.07) is 4.98. The standard InChI is InChI=1S/C6H7BO3S2/c8-7(9)10-4-2-1-3-5(11)6(4)12/h1-3,8-9,11-12H. The average Bonchev–Trinajstić information content (AvgIpc) is 1.98. The summed E-state index contributed by atoms with van der Waals surface area (Å²) in [7, 11) is -1.83. The van der Waals surface area contributed by atoms with Gasteiger partial charge in [0.25, 0.3) is 0 Å². The van der Waals surface area contributed by atoms with Crippen molar-refractivity contribution in [3.63, 3.8) is 0 Å². The van der Waals surface area contributed by atoms with E-state index in [1.165, 1.54) is 0 Å². The molecule has 0 amide bonds. The molecule has 1 aromatic carbocycles. The average molecular weight is 202 g/mol. The molecular weight excluding hydrogens is 195 g/mol. The van der Waals surface area contributed by atoms with Gasteiger partial charge in [0.1, 0.15) is 5.75 Å². The SMILES string of the molecule is OB(O)Oc1cccc(S)c1S. The highest BCUT2D eigenvalue weighted by Gasteiger charge is 2.13. The van der Waals surface area contributed by atoms with Gasteiger partial charge in [-0.3, -0.25) is 0 Å². The number of hydrogen-bond donors (Lipinski definition) is 4. The molecule has 0 bridgehead atoms. The van der Waals surface area contributed by atoms with Gasteiger partial charge in [0.15, 0.2) is 0 Å². The van der Waals surface area contributed by atoms with Gasteiger partial charge in [-0.2, -0.15) is 0 Å². The highest BCUT2D eigenvalue weighted by atomic mass is 32.1. The molecule has 0 aliphatic heterocycles. The Morgan fingerprint density at radius 2 is 1.92 bits per heavy atom. The predicted octanol–water partition coefficient (Wildman–Crippen LogP) is 0.612. The van der Waals surface area contributed by atoms with Crippen LogP contribution in [-0.4, -0.2) is 17.4 Å². The lowest BCUT2D eigenvalue weighted by molar-refractivity contribution is 0.285. The lowest BCUT2D eigenvalue weighted by atomic mass is 10.2. The van der Waals surface area contributed by atoms with Crippen LogP contribution in [0.3, 0.4) is 0 Å². The number of benzene rings is 1. The first-order valence-electron chi connectivity index (χ1n) is 3.15. The van der Waals surface area contributed by atoms with Crippen LogP contribution < -0.4 is 4.65 Å². The van der Waals surface area contributed by atoms with Crippen LogP contribution in [0.15, 0.2) is 28.0 Å². The second-order valence-electron chi connectivity index (χ2n) is 2.07. The Kier molecular flexibility index (Phi) is 3.34. The molecule has 0 fully saturated rings. The molecule has 0 spiro atoms. The van der Waals surface area contributed by atoms with Crippen molar-refractivity contribution >= 4 is 32.6 Å². The molecule has 0 aliphatic carbocycles. The summed E-state index contributed by atoms with van der Waals surface area (Å²) in [5.74, 6) is 0.292. The topological polar surface area (TPSA) is 49.7 Å². The summed E-state index contributed by atoms with van der Waals surface area (Å²) in [5.41, 5.74) is 0. The summed E-state index contributed by atoms with van der Waals surface area (Å²) >= 11 is 8.13. The van der Waals surface area contributed by atoms with E-state index in [0.717, 1.165) is 0 Å². The fraction of sp³-hybridized carbons (Fsp3) is 0. The minimum Gasteiger partial charge on any atom is -0.511 e. The molecule has 0 saturated heterocycles. The Morgan fingerprint density at radius 1 is 1.25 bits per heavy atom. The van der Waals surface area contributed by atoms with Crippen molar-refractivity contribution in [2.75, 3.05) is 0 Å². The number of rotatable bonds is 2. The zero-order valence-electron chi connectivity index (χ0n) is 6.01. The quantitative estimate of drug-likeness (QED) is 0.420. The maximum absolute atomic E-state index is 8.50. The van der Waals surface area contributed by atoms with Crippen molar-refractivity contribution < 1.29 is 14.7 Å². The Morgan fingerprint density at radius 3 is 2.50 bits per heavy atom. The Labute approximate surface area is 81.4 Å². The van der Waals surface area contributed by atoms with E-state index in [0.29, 0.717) is 15.5 Å². The van der Waals surface area contributed by atoms with Crippen molar-refractivity contribution in [2.45, 2.75) is 9.79 Å². The first-order valence-corrected chi connectivity index (χ1v) is 4.04. The summed E-state index contributed by atoms with van der Waals surface area (Å²) in [6.07, 6.45) is 0. The molecule has 2 N–H and O–H groups in total. The fourth-order valence-corrected chi connectivity index (χ4v) is 1.12. The van der Waals surface area contributed by atoms with Crippen molar-refractivity contribution in [1.29, 1.82) is 0 Å². The van der Waals surface area contributed by atoms with Gasteiger partial charge < -0.3 is 14.7 Å². The van der Waals surface area contributed by atoms with Crippen molar-refractivity contribution in [1.82, 2.24) is 0 Å². The molecule has 6 heteroatoms. The maximum Gasteiger partial charge on any atom is 0.707 e. The van der Waals surface area contributed by atoms with Crippen LogP contribution in [0.25, 0.3) is 0 Å². The van der Waals surface area contributed by atoms with E-state index in [1.807, 2.05) is 0 Å². The molecular formula is C6H7BO3S2. The zero-order chi connectivity index (χ0) is 9.14. The summed E-state index contributed by atoms with van der Waals surface area (Å²) in [6.45, 7) is 0. The van der Waals surface area contributed by atoms with Gasteiger partial charge >= 0.3 is 7.32 Å². The molecule has 0 saturated carbocycles. The molecule has 0 unspecified atom stereocenters. The van der Waals surface area contributed by atoms with Crippen LogP contribution in [-0.2, 0) is 0 Å². The molecule has 0 aromatic heterocycles. The van der Waals surface area contributed by atoms with Crippen LogP contribution in [0.4, 0.5) is 0 Å². The molecule has 64 valence electrons. The van der Waals surface area contributed by atoms with E-state index in [9.17, 15) is 0 Å². The number of thiol groups is 2.